The van der Waals surface area contributed by atoms with Crippen LogP contribution < -0.4 is 15.4 Å². The number of carbonyl (C=O) groups excluding carboxylic acids is 1. The molecule has 1 aromatic carbocycles. The van der Waals surface area contributed by atoms with Crippen molar-refractivity contribution in [3.8, 4) is 17.0 Å². The Morgan fingerprint density at radius 3 is 2.40 bits per heavy atom. The number of nitrogens with zero attached hydrogens (tertiary/aromatic N) is 2. The van der Waals surface area contributed by atoms with Gasteiger partial charge >= 0.3 is 0 Å². The summed E-state index contributed by atoms with van der Waals surface area (Å²) in [6, 6.07) is 8.19. The number of benzene rings is 1. The van der Waals surface area contributed by atoms with Crippen molar-refractivity contribution in [2.45, 2.75) is 51.6 Å². The third-order valence-corrected chi connectivity index (χ3v) is 5.89. The molecule has 0 spiro atoms. The summed E-state index contributed by atoms with van der Waals surface area (Å²) in [4.78, 5) is 11.7. The molecule has 0 aliphatic heterocycles. The van der Waals surface area contributed by atoms with Crippen molar-refractivity contribution in [2.75, 3.05) is 32.2 Å². The number of carbonyl (C=O) groups is 1. The van der Waals surface area contributed by atoms with Gasteiger partial charge in [0.15, 0.2) is 0 Å². The summed E-state index contributed by atoms with van der Waals surface area (Å²) in [6.45, 7) is 15.2. The molecule has 190 valence electrons. The van der Waals surface area contributed by atoms with Gasteiger partial charge in [-0.05, 0) is 69.9 Å². The molecule has 3 rings (SSSR count). The number of methoxy groups -OCH3 is 1. The smallest absolute Gasteiger partial charge is 0.243 e. The predicted octanol–water partition coefficient (Wildman–Crippen LogP) is 4.98. The lowest BCUT2D eigenvalue weighted by atomic mass is 9.91. The Bertz CT molecular complexity index is 975. The van der Waals surface area contributed by atoms with Gasteiger partial charge in [-0.15, -0.1) is 13.2 Å². The molecule has 0 bridgehead atoms. The zero-order valence-electron chi connectivity index (χ0n) is 21.2. The van der Waals surface area contributed by atoms with Gasteiger partial charge in [0.25, 0.3) is 0 Å². The highest BCUT2D eigenvalue weighted by molar-refractivity contribution is 6.06. The maximum absolute atomic E-state index is 11.7. The molecule has 1 heterocycles. The first-order chi connectivity index (χ1) is 17.0. The van der Waals surface area contributed by atoms with E-state index in [1.807, 2.05) is 31.2 Å². The summed E-state index contributed by atoms with van der Waals surface area (Å²) in [5.74, 6) is 1.54. The minimum atomic E-state index is -0.121. The van der Waals surface area contributed by atoms with E-state index >= 15 is 0 Å². The fraction of sp³-hybridized carbons (Fsp3) is 0.444. The zero-order chi connectivity index (χ0) is 25.8. The number of aromatic nitrogens is 2. The Kier molecular flexibility index (Phi) is 11.2. The third-order valence-electron chi connectivity index (χ3n) is 5.89. The number of hydrogen-bond acceptors (Lipinski definition) is 6. The van der Waals surface area contributed by atoms with Crippen molar-refractivity contribution in [1.82, 2.24) is 15.1 Å². The molecule has 1 aliphatic carbocycles. The minimum Gasteiger partial charge on any atom is -0.491 e. The second-order valence-electron chi connectivity index (χ2n) is 8.26. The molecule has 35 heavy (non-hydrogen) atoms. The summed E-state index contributed by atoms with van der Waals surface area (Å²) in [5.41, 5.74) is 3.04. The van der Waals surface area contributed by atoms with E-state index in [1.165, 1.54) is 6.08 Å². The van der Waals surface area contributed by atoms with Gasteiger partial charge in [-0.25, -0.2) is 4.68 Å². The van der Waals surface area contributed by atoms with Crippen LogP contribution in [0.3, 0.4) is 0 Å². The average molecular weight is 482 g/mol. The van der Waals surface area contributed by atoms with Crippen LogP contribution in [-0.2, 0) is 9.53 Å². The van der Waals surface area contributed by atoms with Crippen LogP contribution in [0.4, 0.5) is 5.82 Å². The van der Waals surface area contributed by atoms with E-state index in [9.17, 15) is 4.79 Å². The van der Waals surface area contributed by atoms with E-state index < -0.39 is 0 Å². The molecular formula is C27H39N5O3. The summed E-state index contributed by atoms with van der Waals surface area (Å²) in [6.07, 6.45) is 4.91. The number of ether oxygens (including phenoxy) is 2. The van der Waals surface area contributed by atoms with E-state index in [0.29, 0.717) is 18.9 Å². The molecule has 0 atom stereocenters. The highest BCUT2D eigenvalue weighted by Gasteiger charge is 2.29. The zero-order valence-corrected chi connectivity index (χ0v) is 21.2. The Balaban J connectivity index is 0.00000210. The van der Waals surface area contributed by atoms with Crippen LogP contribution in [0.1, 0.15) is 51.1 Å². The molecule has 0 saturated heterocycles. The van der Waals surface area contributed by atoms with E-state index in [1.54, 1.807) is 14.0 Å². The number of nitrogens with one attached hydrogen (secondary N) is 3. The Hall–Kier alpha value is -3.39. The van der Waals surface area contributed by atoms with Gasteiger partial charge in [0.1, 0.15) is 23.9 Å². The molecule has 8 nitrogen and oxygen atoms in total. The normalized spacial score (nSPS) is 17.0. The molecule has 1 aromatic heterocycles. The number of hydrogen-bond donors (Lipinski definition) is 3. The first-order valence-corrected chi connectivity index (χ1v) is 12.0. The maximum Gasteiger partial charge on any atom is 0.243 e. The van der Waals surface area contributed by atoms with Gasteiger partial charge in [0, 0.05) is 31.0 Å². The van der Waals surface area contributed by atoms with Crippen molar-refractivity contribution in [3.63, 3.8) is 0 Å². The second kappa shape index (κ2) is 14.1. The van der Waals surface area contributed by atoms with E-state index in [2.05, 4.69) is 35.1 Å². The monoisotopic (exact) mass is 481 g/mol. The number of anilines is 1. The summed E-state index contributed by atoms with van der Waals surface area (Å²) >= 11 is 0. The van der Waals surface area contributed by atoms with Crippen LogP contribution in [0, 0.1) is 5.41 Å². The lowest BCUT2D eigenvalue weighted by Crippen LogP contribution is -2.37. The number of amides is 1. The molecule has 3 N–H and O–H groups in total. The van der Waals surface area contributed by atoms with Crippen LogP contribution >= 0.6 is 0 Å². The van der Waals surface area contributed by atoms with Crippen molar-refractivity contribution in [3.05, 3.63) is 55.6 Å². The van der Waals surface area contributed by atoms with Gasteiger partial charge in [-0.3, -0.25) is 4.79 Å². The average Bonchev–Trinajstić information content (AvgIpc) is 3.26. The van der Waals surface area contributed by atoms with Gasteiger partial charge in [0.05, 0.1) is 18.2 Å². The molecule has 1 aliphatic rings. The van der Waals surface area contributed by atoms with Crippen molar-refractivity contribution in [2.24, 2.45) is 0 Å². The molecule has 1 fully saturated rings. The topological polar surface area (TPSA) is 101 Å². The fourth-order valence-electron chi connectivity index (χ4n) is 4.27. The SMILES string of the molecule is C=C.C=CC(=O)NC1CCC(n2nc(-c3ccc(OCCOC)cc3)c(C(C)=N)c2NCC)CC1. The lowest BCUT2D eigenvalue weighted by Gasteiger charge is -2.30. The highest BCUT2D eigenvalue weighted by atomic mass is 16.5. The van der Waals surface area contributed by atoms with Gasteiger partial charge < -0.3 is 25.5 Å². The van der Waals surface area contributed by atoms with Crippen LogP contribution in [0.15, 0.2) is 50.1 Å². The highest BCUT2D eigenvalue weighted by Crippen LogP contribution is 2.37. The molecule has 0 radical (unpaired) electrons. The third kappa shape index (κ3) is 7.29. The molecule has 0 unspecified atom stereocenters. The first kappa shape index (κ1) is 27.9. The quantitative estimate of drug-likeness (QED) is 0.182. The minimum absolute atomic E-state index is 0.121. The van der Waals surface area contributed by atoms with E-state index in [0.717, 1.165) is 60.6 Å². The summed E-state index contributed by atoms with van der Waals surface area (Å²) in [7, 11) is 1.65. The maximum atomic E-state index is 11.7. The standard InChI is InChI=1S/C25H35N5O3.C2H4/c1-5-22(31)28-19-9-11-20(12-10-19)30-25(27-6-2)23(17(3)26)24(29-30)18-7-13-21(14-8-18)33-16-15-32-4;1-2/h5,7-8,13-14,19-20,26-27H,1,6,9-12,15-16H2,2-4H3,(H,28,31);1-2H2. The van der Waals surface area contributed by atoms with E-state index in [4.69, 9.17) is 20.0 Å². The summed E-state index contributed by atoms with van der Waals surface area (Å²) < 4.78 is 12.8. The molecule has 2 aromatic rings. The van der Waals surface area contributed by atoms with Gasteiger partial charge in [0.2, 0.25) is 5.91 Å². The van der Waals surface area contributed by atoms with Crippen molar-refractivity contribution >= 4 is 17.4 Å². The van der Waals surface area contributed by atoms with Gasteiger partial charge in [-0.1, -0.05) is 6.58 Å². The van der Waals surface area contributed by atoms with Crippen molar-refractivity contribution in [1.29, 1.82) is 5.41 Å². The number of rotatable bonds is 11. The van der Waals surface area contributed by atoms with Crippen LogP contribution in [0.2, 0.25) is 0 Å². The Labute approximate surface area is 208 Å². The molecular weight excluding hydrogens is 442 g/mol. The largest absolute Gasteiger partial charge is 0.491 e. The molecule has 1 saturated carbocycles. The summed E-state index contributed by atoms with van der Waals surface area (Å²) in [5, 5.41) is 19.9. The van der Waals surface area contributed by atoms with E-state index in [-0.39, 0.29) is 18.0 Å². The van der Waals surface area contributed by atoms with Crippen LogP contribution in [0.25, 0.3) is 11.3 Å². The lowest BCUT2D eigenvalue weighted by molar-refractivity contribution is -0.117. The van der Waals surface area contributed by atoms with Crippen LogP contribution in [0.5, 0.6) is 5.75 Å². The van der Waals surface area contributed by atoms with Gasteiger partial charge in [-0.2, -0.15) is 5.10 Å². The Morgan fingerprint density at radius 1 is 1.20 bits per heavy atom. The molecule has 1 amide bonds. The predicted molar refractivity (Wildman–Crippen MR) is 143 cm³/mol. The van der Waals surface area contributed by atoms with Crippen LogP contribution in [-0.4, -0.2) is 54.3 Å². The second-order valence-corrected chi connectivity index (χ2v) is 8.26. The van der Waals surface area contributed by atoms with Crippen molar-refractivity contribution < 1.29 is 14.3 Å². The fourth-order valence-corrected chi connectivity index (χ4v) is 4.27. The Morgan fingerprint density at radius 2 is 1.86 bits per heavy atom. The first-order valence-electron chi connectivity index (χ1n) is 12.0. The molecule has 8 heteroatoms.